The Labute approximate surface area is 157 Å². The van der Waals surface area contributed by atoms with Gasteiger partial charge in [-0.3, -0.25) is 0 Å². The quantitative estimate of drug-likeness (QED) is 0.690. The zero-order valence-electron chi connectivity index (χ0n) is 15.4. The van der Waals surface area contributed by atoms with Crippen LogP contribution >= 0.6 is 11.6 Å². The Kier molecular flexibility index (Phi) is 9.79. The second-order valence-corrected chi connectivity index (χ2v) is 7.67. The lowest BCUT2D eigenvalue weighted by Gasteiger charge is -2.20. The molecule has 25 heavy (non-hydrogen) atoms. The minimum absolute atomic E-state index is 0.0222. The Morgan fingerprint density at radius 2 is 1.40 bits per heavy atom. The van der Waals surface area contributed by atoms with Crippen LogP contribution in [-0.4, -0.2) is 18.6 Å². The van der Waals surface area contributed by atoms with Crippen molar-refractivity contribution in [1.82, 2.24) is 10.6 Å². The lowest BCUT2D eigenvalue weighted by atomic mass is 9.98. The third-order valence-corrected chi connectivity index (χ3v) is 5.30. The van der Waals surface area contributed by atoms with Gasteiger partial charge in [0.2, 0.25) is 0 Å². The molecule has 1 aliphatic rings. The van der Waals surface area contributed by atoms with Gasteiger partial charge < -0.3 is 10.6 Å². The Morgan fingerprint density at radius 3 is 1.96 bits per heavy atom. The summed E-state index contributed by atoms with van der Waals surface area (Å²) in [6, 6.07) is 8.11. The zero-order chi connectivity index (χ0) is 17.7. The van der Waals surface area contributed by atoms with E-state index >= 15 is 0 Å². The van der Waals surface area contributed by atoms with Gasteiger partial charge in [0, 0.05) is 17.6 Å². The first-order valence-corrected chi connectivity index (χ1v) is 10.4. The molecule has 2 rings (SSSR count). The standard InChI is InChI=1S/C21H33ClN2O/c22-19-14-12-18(13-15-19)16-17-23-21(25)24-20-10-8-6-4-2-1-3-5-7-9-11-20/h12-15,20H,1-11,16-17H2,(H2,23,24,25). The maximum Gasteiger partial charge on any atom is 0.315 e. The van der Waals surface area contributed by atoms with Crippen LogP contribution in [0.1, 0.15) is 76.2 Å². The fourth-order valence-electron chi connectivity index (χ4n) is 3.52. The molecule has 0 unspecified atom stereocenters. The van der Waals surface area contributed by atoms with Gasteiger partial charge in [-0.1, -0.05) is 81.5 Å². The number of hydrogen-bond donors (Lipinski definition) is 2. The number of carbonyl (C=O) groups is 1. The summed E-state index contributed by atoms with van der Waals surface area (Å²) in [7, 11) is 0. The van der Waals surface area contributed by atoms with E-state index in [9.17, 15) is 4.79 Å². The summed E-state index contributed by atoms with van der Waals surface area (Å²) in [5, 5.41) is 6.94. The number of urea groups is 1. The lowest BCUT2D eigenvalue weighted by molar-refractivity contribution is 0.234. The molecule has 2 amide bonds. The van der Waals surface area contributed by atoms with E-state index in [1.807, 2.05) is 24.3 Å². The van der Waals surface area contributed by atoms with Crippen molar-refractivity contribution in [1.29, 1.82) is 0 Å². The van der Waals surface area contributed by atoms with Crippen LogP contribution in [0.2, 0.25) is 5.02 Å². The number of amides is 2. The highest BCUT2D eigenvalue weighted by atomic mass is 35.5. The number of benzene rings is 1. The maximum absolute atomic E-state index is 12.2. The molecule has 0 heterocycles. The van der Waals surface area contributed by atoms with Gasteiger partial charge in [0.25, 0.3) is 0 Å². The minimum Gasteiger partial charge on any atom is -0.338 e. The molecule has 1 aromatic carbocycles. The van der Waals surface area contributed by atoms with E-state index < -0.39 is 0 Å². The van der Waals surface area contributed by atoms with Crippen LogP contribution < -0.4 is 10.6 Å². The van der Waals surface area contributed by atoms with Gasteiger partial charge >= 0.3 is 6.03 Å². The largest absolute Gasteiger partial charge is 0.338 e. The van der Waals surface area contributed by atoms with E-state index in [0.717, 1.165) is 24.3 Å². The fraction of sp³-hybridized carbons (Fsp3) is 0.667. The van der Waals surface area contributed by atoms with E-state index in [2.05, 4.69) is 10.6 Å². The second kappa shape index (κ2) is 12.2. The molecular formula is C21H33ClN2O. The van der Waals surface area contributed by atoms with Crippen molar-refractivity contribution in [2.45, 2.75) is 83.1 Å². The smallest absolute Gasteiger partial charge is 0.315 e. The molecular weight excluding hydrogens is 332 g/mol. The highest BCUT2D eigenvalue weighted by molar-refractivity contribution is 6.30. The normalized spacial score (nSPS) is 18.0. The highest BCUT2D eigenvalue weighted by Crippen LogP contribution is 2.17. The van der Waals surface area contributed by atoms with Crippen molar-refractivity contribution in [3.05, 3.63) is 34.9 Å². The molecule has 2 N–H and O–H groups in total. The fourth-order valence-corrected chi connectivity index (χ4v) is 3.64. The Balaban J connectivity index is 1.67. The first-order valence-electron chi connectivity index (χ1n) is 10.0. The number of nitrogens with one attached hydrogen (secondary N) is 2. The third-order valence-electron chi connectivity index (χ3n) is 5.05. The molecule has 1 saturated carbocycles. The van der Waals surface area contributed by atoms with Crippen molar-refractivity contribution in [2.24, 2.45) is 0 Å². The summed E-state index contributed by atoms with van der Waals surface area (Å²) in [4.78, 5) is 12.2. The summed E-state index contributed by atoms with van der Waals surface area (Å²) in [6.45, 7) is 0.653. The van der Waals surface area contributed by atoms with Crippen LogP contribution in [0, 0.1) is 0 Å². The Morgan fingerprint density at radius 1 is 0.880 bits per heavy atom. The van der Waals surface area contributed by atoms with E-state index in [4.69, 9.17) is 11.6 Å². The van der Waals surface area contributed by atoms with Crippen molar-refractivity contribution in [2.75, 3.05) is 6.54 Å². The molecule has 4 heteroatoms. The van der Waals surface area contributed by atoms with E-state index in [0.29, 0.717) is 12.6 Å². The van der Waals surface area contributed by atoms with Gasteiger partial charge in [-0.2, -0.15) is 0 Å². The predicted octanol–water partition coefficient (Wildman–Crippen LogP) is 5.86. The number of rotatable bonds is 4. The summed E-state index contributed by atoms with van der Waals surface area (Å²) in [5.74, 6) is 0. The number of carbonyl (C=O) groups excluding carboxylic acids is 1. The topological polar surface area (TPSA) is 41.1 Å². The summed E-state index contributed by atoms with van der Waals surface area (Å²) < 4.78 is 0. The van der Waals surface area contributed by atoms with Crippen molar-refractivity contribution >= 4 is 17.6 Å². The monoisotopic (exact) mass is 364 g/mol. The average molecular weight is 365 g/mol. The molecule has 140 valence electrons. The first-order chi connectivity index (χ1) is 12.2. The van der Waals surface area contributed by atoms with Crippen LogP contribution in [0.3, 0.4) is 0 Å². The van der Waals surface area contributed by atoms with Gasteiger partial charge in [0.1, 0.15) is 0 Å². The van der Waals surface area contributed by atoms with Gasteiger partial charge in [-0.25, -0.2) is 4.79 Å². The summed E-state index contributed by atoms with van der Waals surface area (Å²) >= 11 is 5.89. The van der Waals surface area contributed by atoms with Crippen molar-refractivity contribution < 1.29 is 4.79 Å². The summed E-state index contributed by atoms with van der Waals surface area (Å²) in [6.07, 6.45) is 15.0. The molecule has 0 atom stereocenters. The van der Waals surface area contributed by atoms with Gasteiger partial charge in [-0.15, -0.1) is 0 Å². The molecule has 0 bridgehead atoms. The van der Waals surface area contributed by atoms with Crippen LogP contribution in [0.4, 0.5) is 4.79 Å². The molecule has 0 aromatic heterocycles. The molecule has 1 fully saturated rings. The Hall–Kier alpha value is -1.22. The predicted molar refractivity (Wildman–Crippen MR) is 106 cm³/mol. The van der Waals surface area contributed by atoms with Crippen molar-refractivity contribution in [3.63, 3.8) is 0 Å². The molecule has 0 aliphatic heterocycles. The lowest BCUT2D eigenvalue weighted by Crippen LogP contribution is -2.42. The van der Waals surface area contributed by atoms with Gasteiger partial charge in [-0.05, 0) is 37.0 Å². The molecule has 0 spiro atoms. The number of halogens is 1. The van der Waals surface area contributed by atoms with E-state index in [1.54, 1.807) is 0 Å². The van der Waals surface area contributed by atoms with Gasteiger partial charge in [0.15, 0.2) is 0 Å². The van der Waals surface area contributed by atoms with E-state index in [1.165, 1.54) is 63.4 Å². The van der Waals surface area contributed by atoms with E-state index in [-0.39, 0.29) is 6.03 Å². The van der Waals surface area contributed by atoms with Crippen LogP contribution in [0.5, 0.6) is 0 Å². The minimum atomic E-state index is -0.0222. The van der Waals surface area contributed by atoms with Crippen LogP contribution in [-0.2, 0) is 6.42 Å². The van der Waals surface area contributed by atoms with Crippen LogP contribution in [0.15, 0.2) is 24.3 Å². The second-order valence-electron chi connectivity index (χ2n) is 7.23. The summed E-state index contributed by atoms with van der Waals surface area (Å²) in [5.41, 5.74) is 1.19. The third kappa shape index (κ3) is 9.15. The molecule has 0 radical (unpaired) electrons. The highest BCUT2D eigenvalue weighted by Gasteiger charge is 2.12. The Bertz CT molecular complexity index is 477. The maximum atomic E-state index is 12.2. The average Bonchev–Trinajstić information content (AvgIpc) is 2.59. The SMILES string of the molecule is O=C(NCCc1ccc(Cl)cc1)NC1CCCCCCCCCCC1. The number of hydrogen-bond acceptors (Lipinski definition) is 1. The van der Waals surface area contributed by atoms with Crippen LogP contribution in [0.25, 0.3) is 0 Å². The molecule has 0 saturated heterocycles. The molecule has 1 aliphatic carbocycles. The molecule has 1 aromatic rings. The molecule has 3 nitrogen and oxygen atoms in total. The first kappa shape index (κ1) is 20.1. The van der Waals surface area contributed by atoms with Gasteiger partial charge in [0.05, 0.1) is 0 Å². The zero-order valence-corrected chi connectivity index (χ0v) is 16.1. The van der Waals surface area contributed by atoms with Crippen molar-refractivity contribution in [3.8, 4) is 0 Å².